The summed E-state index contributed by atoms with van der Waals surface area (Å²) in [5.41, 5.74) is 3.81. The summed E-state index contributed by atoms with van der Waals surface area (Å²) in [7, 11) is 0. The second kappa shape index (κ2) is 42.8. The first-order valence-corrected chi connectivity index (χ1v) is 18.9. The third kappa shape index (κ3) is 36.2. The number of nitrogens with one attached hydrogen (secondary N) is 4. The smallest absolute Gasteiger partial charge is 0.545 e. The molecule has 20 nitrogen and oxygen atoms in total. The number of carbonyl (C=O) groups is 4. The molecule has 0 aromatic carbocycles. The summed E-state index contributed by atoms with van der Waals surface area (Å²) in [6.45, 7) is 6.48. The van der Waals surface area contributed by atoms with Crippen LogP contribution in [0.15, 0.2) is 183 Å². The first-order valence-electron chi connectivity index (χ1n) is 18.9. The number of allylic oxidation sites excluding steroid dienone is 4. The zero-order valence-corrected chi connectivity index (χ0v) is 39.0. The molecule has 0 bridgehead atoms. The van der Waals surface area contributed by atoms with E-state index in [4.69, 9.17) is 0 Å². The Hall–Kier alpha value is -8.13. The van der Waals surface area contributed by atoms with E-state index >= 15 is 0 Å². The Labute approximate surface area is 414 Å². The maximum atomic E-state index is 9.40. The molecule has 0 saturated heterocycles. The summed E-state index contributed by atoms with van der Waals surface area (Å²) in [5, 5.41) is 50.5. The van der Waals surface area contributed by atoms with Crippen molar-refractivity contribution in [3.8, 4) is 0 Å². The van der Waals surface area contributed by atoms with Gasteiger partial charge in [-0.2, -0.15) is 0 Å². The van der Waals surface area contributed by atoms with Crippen molar-refractivity contribution >= 4 is 69.9 Å². The van der Waals surface area contributed by atoms with Gasteiger partial charge in [0.15, 0.2) is 0 Å². The van der Waals surface area contributed by atoms with E-state index in [9.17, 15) is 39.6 Å². The summed E-state index contributed by atoms with van der Waals surface area (Å²) in [5.74, 6) is -1.47. The Morgan fingerprint density at radius 3 is 0.676 bits per heavy atom. The monoisotopic (exact) mass is 1020 g/mol. The van der Waals surface area contributed by atoms with Crippen LogP contribution in [0.2, 0.25) is 0 Å². The Bertz CT molecular complexity index is 2050. The van der Waals surface area contributed by atoms with E-state index in [0.29, 0.717) is 0 Å². The van der Waals surface area contributed by atoms with Crippen molar-refractivity contribution in [3.63, 3.8) is 0 Å². The molecule has 362 valence electrons. The third-order valence-electron chi connectivity index (χ3n) is 6.52. The minimum absolute atomic E-state index is 0. The first kappa shape index (κ1) is 66.5. The van der Waals surface area contributed by atoms with E-state index in [1.807, 2.05) is 84.9 Å². The van der Waals surface area contributed by atoms with Gasteiger partial charge < -0.3 is 71.8 Å². The molecule has 0 amide bonds. The van der Waals surface area contributed by atoms with E-state index in [2.05, 4.69) is 51.2 Å². The van der Waals surface area contributed by atoms with Crippen LogP contribution in [0.4, 0.5) is 46.0 Å². The largest absolute Gasteiger partial charge is 2.00 e. The van der Waals surface area contributed by atoms with Gasteiger partial charge in [0.2, 0.25) is 0 Å². The molecule has 8 N–H and O–H groups in total. The van der Waals surface area contributed by atoms with E-state index in [-0.39, 0.29) is 44.5 Å². The van der Waals surface area contributed by atoms with Crippen LogP contribution in [0.25, 0.3) is 0 Å². The van der Waals surface area contributed by atoms with Crippen LogP contribution >= 0.6 is 0 Å². The predicted octanol–water partition coefficient (Wildman–Crippen LogP) is 2.31. The van der Waals surface area contributed by atoms with Gasteiger partial charge >= 0.3 is 33.6 Å². The number of carboxylic acids is 4. The molecular weight excluding hydrogens is 970 g/mol. The summed E-state index contributed by atoms with van der Waals surface area (Å²) >= 11 is 0. The van der Waals surface area contributed by atoms with Crippen molar-refractivity contribution in [3.05, 3.63) is 183 Å². The van der Waals surface area contributed by atoms with Crippen molar-refractivity contribution < 1.29 is 84.1 Å². The van der Waals surface area contributed by atoms with Gasteiger partial charge in [-0.05, 0) is 125 Å². The molecule has 22 heteroatoms. The van der Waals surface area contributed by atoms with Gasteiger partial charge in [-0.1, -0.05) is 36.4 Å². The van der Waals surface area contributed by atoms with Crippen molar-refractivity contribution in [2.75, 3.05) is 21.3 Å². The van der Waals surface area contributed by atoms with Crippen molar-refractivity contribution in [1.82, 2.24) is 29.9 Å². The number of rotatable bonds is 12. The Morgan fingerprint density at radius 2 is 0.544 bits per heavy atom. The van der Waals surface area contributed by atoms with Crippen LogP contribution in [-0.2, 0) is 52.7 Å². The molecular formula is C46H50Co2N10O10. The molecule has 6 aromatic rings. The van der Waals surface area contributed by atoms with Crippen LogP contribution < -0.4 is 41.7 Å². The molecule has 0 fully saturated rings. The molecule has 0 spiro atoms. The minimum Gasteiger partial charge on any atom is -0.545 e. The van der Waals surface area contributed by atoms with E-state index in [0.717, 1.165) is 70.3 Å². The number of anilines is 8. The molecule has 0 unspecified atom stereocenters. The van der Waals surface area contributed by atoms with E-state index in [1.54, 1.807) is 77.3 Å². The van der Waals surface area contributed by atoms with Gasteiger partial charge in [0.1, 0.15) is 23.3 Å². The molecule has 0 aliphatic rings. The van der Waals surface area contributed by atoms with Crippen LogP contribution in [0.3, 0.4) is 0 Å². The summed E-state index contributed by atoms with van der Waals surface area (Å²) < 4.78 is 0. The topological polar surface area (TPSA) is 349 Å². The average molecular weight is 1020 g/mol. The second-order valence-electron chi connectivity index (χ2n) is 11.5. The van der Waals surface area contributed by atoms with Gasteiger partial charge in [-0.3, -0.25) is 19.9 Å². The van der Waals surface area contributed by atoms with Crippen molar-refractivity contribution in [2.24, 2.45) is 0 Å². The summed E-state index contributed by atoms with van der Waals surface area (Å²) in [6, 6.07) is 26.7. The van der Waals surface area contributed by atoms with Crippen LogP contribution in [-0.4, -0.2) is 64.7 Å². The molecule has 2 radical (unpaired) electrons. The molecule has 0 aliphatic heterocycles. The zero-order chi connectivity index (χ0) is 47.2. The normalized spacial score (nSPS) is 9.24. The van der Waals surface area contributed by atoms with Gasteiger partial charge in [0, 0.05) is 72.3 Å². The standard InChI is InChI=1S/2C15H13N5.4C4H6O2.2Co.2H2O/c2*1-2-14(18-12-4-8-16-9-5-12)20-15(3-1)19-13-6-10-17-11-7-13;4*1-2-3-4(5)6;;;;/h2*1-11H,(H2,16,17,18,19,20);4*2-3H,1H3,(H,5,6);;;2*1H2/q;;;;;;2*+2;;/p-4/b;;4*3-2+;;;;. The van der Waals surface area contributed by atoms with Crippen LogP contribution in [0.5, 0.6) is 0 Å². The fraction of sp³-hybridized carbons (Fsp3) is 0.0870. The zero-order valence-electron chi connectivity index (χ0n) is 36.9. The minimum atomic E-state index is -1.14. The number of carbonyl (C=O) groups excluding carboxylic acids is 4. The molecule has 0 atom stereocenters. The van der Waals surface area contributed by atoms with E-state index < -0.39 is 23.9 Å². The van der Waals surface area contributed by atoms with Gasteiger partial charge in [0.25, 0.3) is 0 Å². The van der Waals surface area contributed by atoms with Gasteiger partial charge in [0.05, 0.1) is 23.9 Å². The quantitative estimate of drug-likeness (QED) is 0.128. The SMILES string of the molecule is C/C=C/C(=O)[O-].C/C=C/C(=O)[O-].C/C=C/C(=O)[O-].C/C=C/C(=O)[O-].O.O.[Co+2].[Co+2].c1cc(Nc2ccncc2)nc(Nc2ccncc2)c1.c1cc(Nc2ccncc2)nc(Nc2ccncc2)c1. The van der Waals surface area contributed by atoms with E-state index in [1.165, 1.54) is 24.3 Å². The molecule has 6 heterocycles. The number of aliphatic carboxylic acids is 4. The van der Waals surface area contributed by atoms with Crippen LogP contribution in [0.1, 0.15) is 27.7 Å². The number of carboxylic acid groups (broad SMARTS) is 4. The first-order chi connectivity index (χ1) is 30.9. The second-order valence-corrected chi connectivity index (χ2v) is 11.5. The molecule has 0 saturated carbocycles. The molecule has 6 aromatic heterocycles. The van der Waals surface area contributed by atoms with Gasteiger partial charge in [-0.25, -0.2) is 9.97 Å². The third-order valence-corrected chi connectivity index (χ3v) is 6.52. The fourth-order valence-corrected chi connectivity index (χ4v) is 4.02. The summed E-state index contributed by atoms with van der Waals surface area (Å²) in [6.07, 6.45) is 23.4. The fourth-order valence-electron chi connectivity index (χ4n) is 4.02. The molecule has 6 rings (SSSR count). The Morgan fingerprint density at radius 1 is 0.368 bits per heavy atom. The Kier molecular flexibility index (Phi) is 41.8. The summed E-state index contributed by atoms with van der Waals surface area (Å²) in [4.78, 5) is 62.5. The number of pyridine rings is 6. The maximum absolute atomic E-state index is 9.40. The number of hydrogen-bond acceptors (Lipinski definition) is 18. The number of hydrogen-bond donors (Lipinski definition) is 4. The average Bonchev–Trinajstić information content (AvgIpc) is 3.26. The predicted molar refractivity (Wildman–Crippen MR) is 245 cm³/mol. The van der Waals surface area contributed by atoms with Crippen molar-refractivity contribution in [2.45, 2.75) is 27.7 Å². The van der Waals surface area contributed by atoms with Crippen molar-refractivity contribution in [1.29, 1.82) is 0 Å². The number of aromatic nitrogens is 6. The van der Waals surface area contributed by atoms with Crippen LogP contribution in [0, 0.1) is 0 Å². The Balaban J connectivity index is -0.000000397. The van der Waals surface area contributed by atoms with Gasteiger partial charge in [-0.15, -0.1) is 0 Å². The number of nitrogens with zero attached hydrogens (tertiary/aromatic N) is 6. The molecule has 0 aliphatic carbocycles. The molecule has 68 heavy (non-hydrogen) atoms. The maximum Gasteiger partial charge on any atom is 2.00 e.